The average molecular weight is 606 g/mol. The molecule has 0 radical (unpaired) electrons. The first-order valence-electron chi connectivity index (χ1n) is 11.5. The van der Waals surface area contributed by atoms with Crippen LogP contribution in [0.5, 0.6) is 11.5 Å². The van der Waals surface area contributed by atoms with E-state index in [4.69, 9.17) is 21.9 Å². The fourth-order valence-corrected chi connectivity index (χ4v) is 5.23. The molecule has 0 unspecified atom stereocenters. The van der Waals surface area contributed by atoms with Crippen molar-refractivity contribution < 1.29 is 14.3 Å². The fraction of sp³-hybridized carbons (Fsp3) is 0.0714. The van der Waals surface area contributed by atoms with Crippen LogP contribution in [0.1, 0.15) is 4.88 Å². The highest BCUT2D eigenvalue weighted by Crippen LogP contribution is 2.35. The van der Waals surface area contributed by atoms with E-state index in [0.29, 0.717) is 27.8 Å². The van der Waals surface area contributed by atoms with E-state index in [0.717, 1.165) is 15.2 Å². The Hall–Kier alpha value is -3.86. The molecular formula is C28H21BrN4O3S2. The standard InChI is InChI=1S/C28H21BrN4O3S2/c1-32(2)28-30-24(17-8-10-18(29)11-9-17)23(38-28)16-22-25(34)31-27(37)33(26(22)35)19-12-14-21(15-13-19)36-20-6-4-3-5-7-20/h3-16H,1-2H3,(H,31,34,37)/b22-16+. The highest BCUT2D eigenvalue weighted by Gasteiger charge is 2.35. The number of hydrogen-bond donors (Lipinski definition) is 1. The topological polar surface area (TPSA) is 74.8 Å². The minimum absolute atomic E-state index is 0.0142. The summed E-state index contributed by atoms with van der Waals surface area (Å²) in [5.41, 5.74) is 2.03. The Labute approximate surface area is 237 Å². The second-order valence-electron chi connectivity index (χ2n) is 8.48. The number of amides is 2. The lowest BCUT2D eigenvalue weighted by Crippen LogP contribution is -2.54. The minimum Gasteiger partial charge on any atom is -0.457 e. The summed E-state index contributed by atoms with van der Waals surface area (Å²) in [5, 5.41) is 3.41. The predicted octanol–water partition coefficient (Wildman–Crippen LogP) is 6.26. The van der Waals surface area contributed by atoms with Crippen LogP contribution < -0.4 is 19.9 Å². The molecule has 38 heavy (non-hydrogen) atoms. The molecule has 4 aromatic rings. The number of nitrogens with zero attached hydrogens (tertiary/aromatic N) is 3. The van der Waals surface area contributed by atoms with Gasteiger partial charge >= 0.3 is 0 Å². The zero-order valence-corrected chi connectivity index (χ0v) is 23.6. The number of aromatic nitrogens is 1. The van der Waals surface area contributed by atoms with E-state index in [1.54, 1.807) is 30.3 Å². The Morgan fingerprint density at radius 1 is 0.974 bits per heavy atom. The number of carbonyl (C=O) groups is 2. The van der Waals surface area contributed by atoms with E-state index in [1.807, 2.05) is 73.6 Å². The number of anilines is 2. The third kappa shape index (κ3) is 5.38. The first-order chi connectivity index (χ1) is 18.3. The molecule has 0 saturated carbocycles. The maximum Gasteiger partial charge on any atom is 0.270 e. The molecule has 0 bridgehead atoms. The van der Waals surface area contributed by atoms with Crippen LogP contribution in [0.15, 0.2) is 88.9 Å². The SMILES string of the molecule is CN(C)c1nc(-c2ccc(Br)cc2)c(/C=C2\C(=O)NC(=S)N(c3ccc(Oc4ccccc4)cc3)C2=O)s1. The molecule has 7 nitrogen and oxygen atoms in total. The summed E-state index contributed by atoms with van der Waals surface area (Å²) < 4.78 is 6.79. The van der Waals surface area contributed by atoms with E-state index in [2.05, 4.69) is 21.2 Å². The highest BCUT2D eigenvalue weighted by atomic mass is 79.9. The second kappa shape index (κ2) is 10.9. The number of thiocarbonyl (C=S) groups is 1. The van der Waals surface area contributed by atoms with Gasteiger partial charge in [-0.3, -0.25) is 19.8 Å². The predicted molar refractivity (Wildman–Crippen MR) is 159 cm³/mol. The summed E-state index contributed by atoms with van der Waals surface area (Å²) in [6.07, 6.45) is 1.58. The van der Waals surface area contributed by atoms with Crippen LogP contribution in [0.25, 0.3) is 17.3 Å². The van der Waals surface area contributed by atoms with Crippen LogP contribution in [0.3, 0.4) is 0 Å². The van der Waals surface area contributed by atoms with E-state index in [-0.39, 0.29) is 10.7 Å². The van der Waals surface area contributed by atoms with Crippen LogP contribution in [-0.4, -0.2) is 36.0 Å². The molecule has 2 heterocycles. The van der Waals surface area contributed by atoms with Crippen molar-refractivity contribution in [1.82, 2.24) is 10.3 Å². The van der Waals surface area contributed by atoms with Crippen LogP contribution in [-0.2, 0) is 9.59 Å². The molecule has 1 aliphatic heterocycles. The number of rotatable bonds is 6. The molecule has 1 N–H and O–H groups in total. The zero-order valence-electron chi connectivity index (χ0n) is 20.3. The van der Waals surface area contributed by atoms with Crippen molar-refractivity contribution in [3.8, 4) is 22.8 Å². The van der Waals surface area contributed by atoms with Gasteiger partial charge in [0.05, 0.1) is 16.3 Å². The van der Waals surface area contributed by atoms with Crippen molar-refractivity contribution in [2.45, 2.75) is 0 Å². The molecule has 10 heteroatoms. The first-order valence-corrected chi connectivity index (χ1v) is 13.5. The summed E-state index contributed by atoms with van der Waals surface area (Å²) in [7, 11) is 3.79. The molecule has 3 aromatic carbocycles. The number of thiazole rings is 1. The van der Waals surface area contributed by atoms with Crippen molar-refractivity contribution in [3.05, 3.63) is 93.8 Å². The summed E-state index contributed by atoms with van der Waals surface area (Å²) in [5.74, 6) is 0.236. The number of halogens is 1. The summed E-state index contributed by atoms with van der Waals surface area (Å²) in [6.45, 7) is 0. The molecule has 0 aliphatic carbocycles. The smallest absolute Gasteiger partial charge is 0.270 e. The monoisotopic (exact) mass is 604 g/mol. The first kappa shape index (κ1) is 25.8. The number of hydrogen-bond acceptors (Lipinski definition) is 7. The van der Waals surface area contributed by atoms with Gasteiger partial charge in [-0.05, 0) is 66.8 Å². The zero-order chi connectivity index (χ0) is 26.8. The third-order valence-corrected chi connectivity index (χ3v) is 7.58. The summed E-state index contributed by atoms with van der Waals surface area (Å²) in [6, 6.07) is 24.0. The van der Waals surface area contributed by atoms with Gasteiger partial charge in [-0.2, -0.15) is 0 Å². The van der Waals surface area contributed by atoms with E-state index in [1.165, 1.54) is 16.2 Å². The molecule has 2 amide bonds. The van der Waals surface area contributed by atoms with E-state index >= 15 is 0 Å². The maximum atomic E-state index is 13.6. The largest absolute Gasteiger partial charge is 0.457 e. The molecular weight excluding hydrogens is 584 g/mol. The van der Waals surface area contributed by atoms with Crippen molar-refractivity contribution in [2.24, 2.45) is 0 Å². The number of nitrogens with one attached hydrogen (secondary N) is 1. The van der Waals surface area contributed by atoms with Gasteiger partial charge in [-0.15, -0.1) is 0 Å². The van der Waals surface area contributed by atoms with Crippen molar-refractivity contribution in [1.29, 1.82) is 0 Å². The van der Waals surface area contributed by atoms with E-state index < -0.39 is 11.8 Å². The van der Waals surface area contributed by atoms with Crippen LogP contribution in [0, 0.1) is 0 Å². The van der Waals surface area contributed by atoms with Gasteiger partial charge in [0.15, 0.2) is 10.2 Å². The normalized spacial score (nSPS) is 14.6. The molecule has 190 valence electrons. The lowest BCUT2D eigenvalue weighted by molar-refractivity contribution is -0.122. The lowest BCUT2D eigenvalue weighted by atomic mass is 10.1. The highest BCUT2D eigenvalue weighted by molar-refractivity contribution is 9.10. The summed E-state index contributed by atoms with van der Waals surface area (Å²) >= 11 is 10.2. The van der Waals surface area contributed by atoms with Gasteiger partial charge in [0.1, 0.15) is 17.1 Å². The van der Waals surface area contributed by atoms with Crippen LogP contribution in [0.2, 0.25) is 0 Å². The Bertz CT molecular complexity index is 1550. The van der Waals surface area contributed by atoms with Gasteiger partial charge in [0.25, 0.3) is 11.8 Å². The molecule has 1 saturated heterocycles. The Balaban J connectivity index is 1.48. The summed E-state index contributed by atoms with van der Waals surface area (Å²) in [4.78, 5) is 35.2. The lowest BCUT2D eigenvalue weighted by Gasteiger charge is -2.29. The van der Waals surface area contributed by atoms with E-state index in [9.17, 15) is 9.59 Å². The Kier molecular flexibility index (Phi) is 7.37. The molecule has 1 aliphatic rings. The van der Waals surface area contributed by atoms with Gasteiger partial charge in [0.2, 0.25) is 0 Å². The number of carbonyl (C=O) groups excluding carboxylic acids is 2. The maximum absolute atomic E-state index is 13.6. The fourth-order valence-electron chi connectivity index (χ4n) is 3.73. The second-order valence-corrected chi connectivity index (χ2v) is 10.8. The van der Waals surface area contributed by atoms with Crippen LogP contribution >= 0.6 is 39.5 Å². The Morgan fingerprint density at radius 3 is 2.29 bits per heavy atom. The van der Waals surface area contributed by atoms with Crippen LogP contribution in [0.4, 0.5) is 10.8 Å². The minimum atomic E-state index is -0.554. The van der Waals surface area contributed by atoms with Gasteiger partial charge in [-0.1, -0.05) is 57.6 Å². The number of ether oxygens (including phenoxy) is 1. The molecule has 1 fully saturated rings. The molecule has 5 rings (SSSR count). The molecule has 0 spiro atoms. The van der Waals surface area contributed by atoms with Gasteiger partial charge < -0.3 is 9.64 Å². The quantitative estimate of drug-likeness (QED) is 0.159. The number of para-hydroxylation sites is 1. The molecule has 1 aromatic heterocycles. The molecule has 0 atom stereocenters. The third-order valence-electron chi connectivity index (χ3n) is 5.59. The Morgan fingerprint density at radius 2 is 1.63 bits per heavy atom. The van der Waals surface area contributed by atoms with Gasteiger partial charge in [0, 0.05) is 24.1 Å². The van der Waals surface area contributed by atoms with Crippen molar-refractivity contribution in [3.63, 3.8) is 0 Å². The number of benzene rings is 3. The van der Waals surface area contributed by atoms with Gasteiger partial charge in [-0.25, -0.2) is 4.98 Å². The van der Waals surface area contributed by atoms with Crippen molar-refractivity contribution >= 4 is 73.3 Å². The van der Waals surface area contributed by atoms with Crippen molar-refractivity contribution in [2.75, 3.05) is 23.9 Å². The average Bonchev–Trinajstić information content (AvgIpc) is 3.33.